The maximum atomic E-state index is 13.2. The van der Waals surface area contributed by atoms with Crippen molar-refractivity contribution in [1.82, 2.24) is 15.1 Å². The number of hydrogen-bond donors (Lipinski definition) is 3. The molecule has 11 nitrogen and oxygen atoms in total. The van der Waals surface area contributed by atoms with E-state index in [0.717, 1.165) is 115 Å². The molecule has 69 heavy (non-hydrogen) atoms. The molecular formula is C56H64Cl2N4O7. The van der Waals surface area contributed by atoms with Crippen molar-refractivity contribution < 1.29 is 33.6 Å². The number of carboxylic acid groups (broad SMARTS) is 1. The zero-order chi connectivity index (χ0) is 48.8. The van der Waals surface area contributed by atoms with E-state index in [2.05, 4.69) is 15.1 Å². The minimum absolute atomic E-state index is 0.000611. The van der Waals surface area contributed by atoms with Gasteiger partial charge in [0.2, 0.25) is 5.91 Å². The van der Waals surface area contributed by atoms with Gasteiger partial charge >= 0.3 is 5.97 Å². The minimum atomic E-state index is -0.657. The van der Waals surface area contributed by atoms with Crippen LogP contribution in [0.2, 0.25) is 10.0 Å². The number of carbonyl (C=O) groups excluding carboxylic acids is 1. The van der Waals surface area contributed by atoms with Crippen LogP contribution in [0, 0.1) is 11.8 Å². The van der Waals surface area contributed by atoms with Gasteiger partial charge in [0.15, 0.2) is 0 Å². The second-order valence-corrected chi connectivity index (χ2v) is 17.8. The van der Waals surface area contributed by atoms with Crippen molar-refractivity contribution in [2.75, 3.05) is 66.7 Å². The van der Waals surface area contributed by atoms with Gasteiger partial charge in [-0.25, -0.2) is 0 Å². The molecule has 13 heteroatoms. The predicted molar refractivity (Wildman–Crippen MR) is 275 cm³/mol. The second-order valence-electron chi connectivity index (χ2n) is 17.0. The molecule has 0 spiro atoms. The Morgan fingerprint density at radius 1 is 0.551 bits per heavy atom. The van der Waals surface area contributed by atoms with Crippen molar-refractivity contribution >= 4 is 35.1 Å². The monoisotopic (exact) mass is 974 g/mol. The third-order valence-corrected chi connectivity index (χ3v) is 12.9. The molecule has 0 aliphatic carbocycles. The van der Waals surface area contributed by atoms with E-state index >= 15 is 0 Å². The molecule has 6 aromatic rings. The number of carbonyl (C=O) groups is 2. The molecule has 2 saturated heterocycles. The molecule has 8 rings (SSSR count). The van der Waals surface area contributed by atoms with Gasteiger partial charge < -0.3 is 35.1 Å². The lowest BCUT2D eigenvalue weighted by atomic mass is 9.93. The molecular weight excluding hydrogens is 912 g/mol. The summed E-state index contributed by atoms with van der Waals surface area (Å²) in [4.78, 5) is 28.7. The summed E-state index contributed by atoms with van der Waals surface area (Å²) in [7, 11) is 3.29. The minimum Gasteiger partial charge on any atom is -0.497 e. The molecule has 2 heterocycles. The number of nitrogens with one attached hydrogen (secondary N) is 1. The molecule has 0 aromatic heterocycles. The maximum Gasteiger partial charge on any atom is 0.306 e. The highest BCUT2D eigenvalue weighted by molar-refractivity contribution is 6.30. The average Bonchev–Trinajstić information content (AvgIpc) is 3.39. The van der Waals surface area contributed by atoms with Crippen LogP contribution in [0.1, 0.15) is 60.0 Å². The number of piperidine rings is 2. The van der Waals surface area contributed by atoms with Gasteiger partial charge in [0.1, 0.15) is 36.2 Å². The zero-order valence-corrected chi connectivity index (χ0v) is 40.9. The molecule has 0 bridgehead atoms. The summed E-state index contributed by atoms with van der Waals surface area (Å²) < 4.78 is 21.8. The third kappa shape index (κ3) is 17.1. The molecule has 2 unspecified atom stereocenters. The van der Waals surface area contributed by atoms with Crippen LogP contribution in [0.25, 0.3) is 0 Å². The van der Waals surface area contributed by atoms with Gasteiger partial charge in [0.05, 0.1) is 32.2 Å². The summed E-state index contributed by atoms with van der Waals surface area (Å²) in [6.45, 7) is 6.53. The summed E-state index contributed by atoms with van der Waals surface area (Å²) in [5.74, 6) is 2.67. The first-order valence-electron chi connectivity index (χ1n) is 23.5. The number of benzene rings is 6. The quantitative estimate of drug-likeness (QED) is 0.0811. The topological polar surface area (TPSA) is 136 Å². The van der Waals surface area contributed by atoms with E-state index in [0.29, 0.717) is 18.2 Å². The lowest BCUT2D eigenvalue weighted by molar-refractivity contribution is -0.143. The standard InChI is InChI=1S/C28H31ClN2O3.C14H14ClNO.C14H19NO3/c1-33-25-13-9-22(10-14-25)27(21-7-11-24(29)12-8-21)30-28(32)23-15-17-31(18-16-23)19-20-34-26-5-3-2-4-6-26;1-17-13-8-4-11(5-9-13)14(16)10-2-6-12(15)7-3-10;16-14(17)12-6-8-15(9-7-12)10-11-18-13-4-2-1-3-5-13/h2-14,23,27H,15-20H2,1H3,(H,30,32);2-9,14H,16H2,1H3;1-5,12H,6-11H2,(H,16,17). The lowest BCUT2D eigenvalue weighted by Crippen LogP contribution is -2.42. The molecule has 1 amide bonds. The molecule has 2 fully saturated rings. The van der Waals surface area contributed by atoms with Gasteiger partial charge in [-0.1, -0.05) is 108 Å². The maximum absolute atomic E-state index is 13.2. The normalized spacial score (nSPS) is 15.2. The van der Waals surface area contributed by atoms with E-state index in [4.69, 9.17) is 53.0 Å². The highest BCUT2D eigenvalue weighted by atomic mass is 35.5. The summed E-state index contributed by atoms with van der Waals surface area (Å²) >= 11 is 11.9. The van der Waals surface area contributed by atoms with Crippen molar-refractivity contribution in [3.05, 3.63) is 190 Å². The third-order valence-electron chi connectivity index (χ3n) is 12.4. The van der Waals surface area contributed by atoms with Crippen molar-refractivity contribution in [1.29, 1.82) is 0 Å². The van der Waals surface area contributed by atoms with Gasteiger partial charge in [-0.2, -0.15) is 0 Å². The first kappa shape index (κ1) is 52.3. The van der Waals surface area contributed by atoms with Crippen LogP contribution in [0.3, 0.4) is 0 Å². The Balaban J connectivity index is 0.000000188. The molecule has 2 aliphatic heterocycles. The Labute approximate surface area is 417 Å². The van der Waals surface area contributed by atoms with Crippen LogP contribution in [0.5, 0.6) is 23.0 Å². The van der Waals surface area contributed by atoms with Crippen LogP contribution in [0.4, 0.5) is 0 Å². The molecule has 2 atom stereocenters. The van der Waals surface area contributed by atoms with Crippen molar-refractivity contribution in [3.8, 4) is 23.0 Å². The highest BCUT2D eigenvalue weighted by Crippen LogP contribution is 2.28. The van der Waals surface area contributed by atoms with Crippen molar-refractivity contribution in [2.45, 2.75) is 37.8 Å². The fourth-order valence-electron chi connectivity index (χ4n) is 8.19. The smallest absolute Gasteiger partial charge is 0.306 e. The summed E-state index contributed by atoms with van der Waals surface area (Å²) in [6, 6.07) is 50.0. The van der Waals surface area contributed by atoms with E-state index in [1.807, 2.05) is 158 Å². The van der Waals surface area contributed by atoms with Crippen LogP contribution in [0.15, 0.2) is 158 Å². The van der Waals surface area contributed by atoms with Crippen LogP contribution in [-0.4, -0.2) is 93.5 Å². The highest BCUT2D eigenvalue weighted by Gasteiger charge is 2.28. The van der Waals surface area contributed by atoms with E-state index in [1.165, 1.54) is 0 Å². The van der Waals surface area contributed by atoms with Gasteiger partial charge in [0.25, 0.3) is 0 Å². The average molecular weight is 976 g/mol. The fourth-order valence-corrected chi connectivity index (χ4v) is 8.44. The number of amides is 1. The Hall–Kier alpha value is -6.08. The number of methoxy groups -OCH3 is 2. The number of likely N-dealkylation sites (tertiary alicyclic amines) is 2. The van der Waals surface area contributed by atoms with Crippen molar-refractivity contribution in [3.63, 3.8) is 0 Å². The van der Waals surface area contributed by atoms with E-state index in [9.17, 15) is 9.59 Å². The zero-order valence-electron chi connectivity index (χ0n) is 39.4. The summed E-state index contributed by atoms with van der Waals surface area (Å²) in [5.41, 5.74) is 10.3. The SMILES string of the molecule is COc1ccc(C(N)c2ccc(Cl)cc2)cc1.COc1ccc(C(NC(=O)C2CCN(CCOc3ccccc3)CC2)c2ccc(Cl)cc2)cc1.O=C(O)C1CCN(CCOc2ccccc2)CC1. The molecule has 364 valence electrons. The van der Waals surface area contributed by atoms with Gasteiger partial charge in [0, 0.05) is 29.1 Å². The predicted octanol–water partition coefficient (Wildman–Crippen LogP) is 10.6. The molecule has 0 radical (unpaired) electrons. The lowest BCUT2D eigenvalue weighted by Gasteiger charge is -2.32. The number of para-hydroxylation sites is 2. The summed E-state index contributed by atoms with van der Waals surface area (Å²) in [6.07, 6.45) is 3.18. The molecule has 4 N–H and O–H groups in total. The Morgan fingerprint density at radius 3 is 1.30 bits per heavy atom. The first-order valence-corrected chi connectivity index (χ1v) is 24.2. The largest absolute Gasteiger partial charge is 0.497 e. The van der Waals surface area contributed by atoms with E-state index in [-0.39, 0.29) is 29.8 Å². The van der Waals surface area contributed by atoms with E-state index < -0.39 is 5.97 Å². The molecule has 2 aliphatic rings. The second kappa shape index (κ2) is 27.8. The van der Waals surface area contributed by atoms with Crippen molar-refractivity contribution in [2.24, 2.45) is 17.6 Å². The number of ether oxygens (including phenoxy) is 4. The molecule has 6 aromatic carbocycles. The first-order chi connectivity index (χ1) is 33.6. The Bertz CT molecular complexity index is 2400. The number of carboxylic acids is 1. The van der Waals surface area contributed by atoms with Crippen LogP contribution < -0.4 is 30.0 Å². The number of nitrogens with two attached hydrogens (primary N) is 1. The van der Waals surface area contributed by atoms with Gasteiger partial charge in [-0.15, -0.1) is 0 Å². The van der Waals surface area contributed by atoms with Gasteiger partial charge in [-0.05, 0) is 147 Å². The molecule has 0 saturated carbocycles. The van der Waals surface area contributed by atoms with Crippen LogP contribution >= 0.6 is 23.2 Å². The number of nitrogens with zero attached hydrogens (tertiary/aromatic N) is 2. The fraction of sp³-hybridized carbons (Fsp3) is 0.321. The number of aliphatic carboxylic acids is 1. The van der Waals surface area contributed by atoms with Gasteiger partial charge in [-0.3, -0.25) is 19.4 Å². The number of hydrogen-bond acceptors (Lipinski definition) is 9. The van der Waals surface area contributed by atoms with E-state index in [1.54, 1.807) is 14.2 Å². The number of halogens is 2. The number of rotatable bonds is 17. The Morgan fingerprint density at radius 2 is 0.913 bits per heavy atom. The van der Waals surface area contributed by atoms with Crippen LogP contribution in [-0.2, 0) is 9.59 Å². The Kier molecular flexibility index (Phi) is 21.1. The summed E-state index contributed by atoms with van der Waals surface area (Å²) in [5, 5.41) is 13.6.